The van der Waals surface area contributed by atoms with E-state index in [-0.39, 0.29) is 11.0 Å². The topological polar surface area (TPSA) is 44.7 Å². The lowest BCUT2D eigenvalue weighted by Gasteiger charge is -2.47. The first-order valence-corrected chi connectivity index (χ1v) is 12.6. The van der Waals surface area contributed by atoms with Crippen LogP contribution >= 0.6 is 0 Å². The van der Waals surface area contributed by atoms with Crippen LogP contribution in [0.4, 0.5) is 0 Å². The molecule has 3 aliphatic rings. The quantitative estimate of drug-likeness (QED) is 0.356. The normalized spacial score (nSPS) is 23.8. The first kappa shape index (κ1) is 23.1. The lowest BCUT2D eigenvalue weighted by atomic mass is 9.66. The van der Waals surface area contributed by atoms with Crippen LogP contribution in [-0.4, -0.2) is 28.8 Å². The van der Waals surface area contributed by atoms with Crippen LogP contribution < -0.4 is 10.1 Å². The zero-order valence-corrected chi connectivity index (χ0v) is 20.7. The van der Waals surface area contributed by atoms with E-state index in [1.54, 1.807) is 0 Å². The summed E-state index contributed by atoms with van der Waals surface area (Å²) in [7, 11) is 0. The maximum absolute atomic E-state index is 11.3. The molecule has 0 saturated carbocycles. The molecule has 0 saturated heterocycles. The van der Waals surface area contributed by atoms with Gasteiger partial charge in [-0.25, -0.2) is 0 Å². The summed E-state index contributed by atoms with van der Waals surface area (Å²) in [6.07, 6.45) is 14.7. The van der Waals surface area contributed by atoms with Gasteiger partial charge in [0.25, 0.3) is 0 Å². The van der Waals surface area contributed by atoms with Crippen molar-refractivity contribution in [1.29, 1.82) is 0 Å². The Kier molecular flexibility index (Phi) is 6.51. The van der Waals surface area contributed by atoms with E-state index in [0.717, 1.165) is 43.8 Å². The highest BCUT2D eigenvalue weighted by Gasteiger charge is 2.46. The summed E-state index contributed by atoms with van der Waals surface area (Å²) >= 11 is 0. The minimum atomic E-state index is -0.245. The van der Waals surface area contributed by atoms with Gasteiger partial charge in [0.1, 0.15) is 17.1 Å². The summed E-state index contributed by atoms with van der Waals surface area (Å²) in [5.74, 6) is 2.00. The average molecular weight is 439 g/mol. The Morgan fingerprint density at radius 3 is 2.75 bits per heavy atom. The number of unbranched alkanes of at least 4 members (excludes halogenated alkanes) is 3. The van der Waals surface area contributed by atoms with Crippen molar-refractivity contribution in [1.82, 2.24) is 10.2 Å². The second kappa shape index (κ2) is 9.03. The van der Waals surface area contributed by atoms with Gasteiger partial charge in [-0.15, -0.1) is 0 Å². The Morgan fingerprint density at radius 1 is 1.22 bits per heavy atom. The van der Waals surface area contributed by atoms with E-state index in [0.29, 0.717) is 17.6 Å². The monoisotopic (exact) mass is 438 g/mol. The molecule has 1 aromatic carbocycles. The summed E-state index contributed by atoms with van der Waals surface area (Å²) in [5, 5.41) is 14.5. The second-order valence-electron chi connectivity index (χ2n) is 11.2. The van der Waals surface area contributed by atoms with Crippen molar-refractivity contribution in [2.75, 3.05) is 13.2 Å². The highest BCUT2D eigenvalue weighted by atomic mass is 16.5. The third-order valence-corrected chi connectivity index (χ3v) is 7.93. The van der Waals surface area contributed by atoms with Crippen molar-refractivity contribution in [3.8, 4) is 11.5 Å². The van der Waals surface area contributed by atoms with Gasteiger partial charge in [0.15, 0.2) is 0 Å². The highest BCUT2D eigenvalue weighted by Crippen LogP contribution is 2.55. The number of ether oxygens (including phenoxy) is 1. The molecule has 0 aromatic heterocycles. The lowest BCUT2D eigenvalue weighted by molar-refractivity contribution is 0.00701. The van der Waals surface area contributed by atoms with E-state index in [2.05, 4.69) is 63.2 Å². The number of hydrogen-bond donors (Lipinski definition) is 2. The van der Waals surface area contributed by atoms with Crippen LogP contribution in [0.3, 0.4) is 0 Å². The number of hydrogen-bond acceptors (Lipinski definition) is 4. The molecule has 0 amide bonds. The number of nitrogens with one attached hydrogen (secondary N) is 1. The largest absolute Gasteiger partial charge is 0.508 e. The van der Waals surface area contributed by atoms with E-state index in [9.17, 15) is 5.11 Å². The fraction of sp³-hybridized carbons (Fsp3) is 0.643. The van der Waals surface area contributed by atoms with Gasteiger partial charge >= 0.3 is 0 Å². The first-order chi connectivity index (χ1) is 15.2. The van der Waals surface area contributed by atoms with Crippen LogP contribution in [-0.2, 0) is 5.41 Å². The number of rotatable bonds is 8. The van der Waals surface area contributed by atoms with Gasteiger partial charge in [-0.2, -0.15) is 0 Å². The molecule has 0 radical (unpaired) electrons. The number of nitrogens with zero attached hydrogens (tertiary/aromatic N) is 1. The number of aromatic hydroxyl groups is 1. The highest BCUT2D eigenvalue weighted by molar-refractivity contribution is 5.54. The van der Waals surface area contributed by atoms with E-state index in [1.807, 2.05) is 12.3 Å². The molecule has 2 N–H and O–H groups in total. The van der Waals surface area contributed by atoms with Crippen molar-refractivity contribution in [3.05, 3.63) is 47.3 Å². The molecule has 176 valence electrons. The van der Waals surface area contributed by atoms with E-state index >= 15 is 0 Å². The van der Waals surface area contributed by atoms with Gasteiger partial charge in [0, 0.05) is 36.3 Å². The van der Waals surface area contributed by atoms with Crippen LogP contribution in [0, 0.1) is 5.92 Å². The SMILES string of the molecule is CCCCCCC(C)(C)c1cc(O)c2c(c1)OC(C)(C)C1CC=C(CN3C=CNC3)CC21. The molecule has 2 heterocycles. The van der Waals surface area contributed by atoms with Gasteiger partial charge in [0.05, 0.1) is 6.67 Å². The van der Waals surface area contributed by atoms with Gasteiger partial charge in [-0.05, 0) is 56.2 Å². The van der Waals surface area contributed by atoms with E-state index < -0.39 is 0 Å². The number of phenolic OH excluding ortho intramolecular Hbond substituents is 1. The van der Waals surface area contributed by atoms with Crippen molar-refractivity contribution in [2.45, 2.75) is 96.5 Å². The third-order valence-electron chi connectivity index (χ3n) is 7.93. The summed E-state index contributed by atoms with van der Waals surface area (Å²) in [4.78, 5) is 2.31. The minimum Gasteiger partial charge on any atom is -0.508 e. The molecule has 1 aromatic rings. The lowest BCUT2D eigenvalue weighted by Crippen LogP contribution is -2.46. The molecule has 1 aliphatic carbocycles. The number of allylic oxidation sites excluding steroid dienone is 1. The maximum atomic E-state index is 11.3. The summed E-state index contributed by atoms with van der Waals surface area (Å²) in [5.41, 5.74) is 3.46. The Hall–Kier alpha value is -2.10. The van der Waals surface area contributed by atoms with Crippen molar-refractivity contribution in [3.63, 3.8) is 0 Å². The van der Waals surface area contributed by atoms with Crippen molar-refractivity contribution < 1.29 is 9.84 Å². The molecule has 32 heavy (non-hydrogen) atoms. The summed E-state index contributed by atoms with van der Waals surface area (Å²) < 4.78 is 6.60. The van der Waals surface area contributed by atoms with Gasteiger partial charge in [0.2, 0.25) is 0 Å². The van der Waals surface area contributed by atoms with E-state index in [1.165, 1.54) is 36.8 Å². The second-order valence-corrected chi connectivity index (χ2v) is 11.2. The maximum Gasteiger partial charge on any atom is 0.127 e. The minimum absolute atomic E-state index is 0.0251. The van der Waals surface area contributed by atoms with Crippen molar-refractivity contribution in [2.24, 2.45) is 5.92 Å². The molecule has 0 bridgehead atoms. The van der Waals surface area contributed by atoms with E-state index in [4.69, 9.17) is 4.74 Å². The molecule has 2 aliphatic heterocycles. The Bertz CT molecular complexity index is 884. The first-order valence-electron chi connectivity index (χ1n) is 12.6. The zero-order valence-electron chi connectivity index (χ0n) is 20.7. The molecular weight excluding hydrogens is 396 g/mol. The summed E-state index contributed by atoms with van der Waals surface area (Å²) in [6.45, 7) is 13.1. The predicted molar refractivity (Wildman–Crippen MR) is 132 cm³/mol. The van der Waals surface area contributed by atoms with Gasteiger partial charge in [-0.1, -0.05) is 58.1 Å². The molecular formula is C28H42N2O2. The molecule has 4 heteroatoms. The standard InChI is InChI=1S/C28H42N2O2/c1-6-7-8-9-12-27(2,3)21-16-24(31)26-22-15-20(18-30-14-13-29-19-30)10-11-23(22)28(4,5)32-25(26)17-21/h10,13-14,16-17,22-23,29,31H,6-9,11-12,15,18-19H2,1-5H3. The Balaban J connectivity index is 1.59. The Morgan fingerprint density at radius 2 is 2.03 bits per heavy atom. The van der Waals surface area contributed by atoms with Crippen LogP contribution in [0.15, 0.2) is 36.2 Å². The molecule has 0 spiro atoms. The molecule has 0 fully saturated rings. The molecule has 2 atom stereocenters. The Labute approximate surface area is 194 Å². The summed E-state index contributed by atoms with van der Waals surface area (Å²) in [6, 6.07) is 4.26. The smallest absolute Gasteiger partial charge is 0.127 e. The van der Waals surface area contributed by atoms with Crippen LogP contribution in [0.5, 0.6) is 11.5 Å². The zero-order chi connectivity index (χ0) is 22.9. The van der Waals surface area contributed by atoms with Gasteiger partial charge < -0.3 is 20.1 Å². The molecule has 4 nitrogen and oxygen atoms in total. The predicted octanol–water partition coefficient (Wildman–Crippen LogP) is 6.57. The number of phenols is 1. The fourth-order valence-electron chi connectivity index (χ4n) is 5.87. The number of benzene rings is 1. The average Bonchev–Trinajstić information content (AvgIpc) is 3.23. The molecule has 2 unspecified atom stereocenters. The fourth-order valence-corrected chi connectivity index (χ4v) is 5.87. The van der Waals surface area contributed by atoms with Gasteiger partial charge in [-0.3, -0.25) is 0 Å². The third kappa shape index (κ3) is 4.65. The van der Waals surface area contributed by atoms with Crippen LogP contribution in [0.25, 0.3) is 0 Å². The number of fused-ring (bicyclic) bond motifs is 3. The molecule has 4 rings (SSSR count). The van der Waals surface area contributed by atoms with Crippen LogP contribution in [0.1, 0.15) is 96.6 Å². The van der Waals surface area contributed by atoms with Crippen molar-refractivity contribution >= 4 is 0 Å². The van der Waals surface area contributed by atoms with Crippen LogP contribution in [0.2, 0.25) is 0 Å².